The molecule has 2 aromatic rings. The van der Waals surface area contributed by atoms with E-state index in [0.29, 0.717) is 22.1 Å². The normalized spacial score (nSPS) is 10.8. The fraction of sp³-hybridized carbons (Fsp3) is 0.111. The van der Waals surface area contributed by atoms with Crippen LogP contribution in [-0.2, 0) is 11.4 Å². The Morgan fingerprint density at radius 3 is 2.67 bits per heavy atom. The molecule has 6 heteroatoms. The molecule has 0 aliphatic heterocycles. The molecule has 0 aromatic heterocycles. The lowest BCUT2D eigenvalue weighted by Crippen LogP contribution is -1.99. The van der Waals surface area contributed by atoms with Crippen LogP contribution in [0.15, 0.2) is 48.0 Å². The van der Waals surface area contributed by atoms with Crippen molar-refractivity contribution in [1.29, 1.82) is 5.26 Å². The average molecular weight is 344 g/mol. The molecule has 5 nitrogen and oxygen atoms in total. The predicted molar refractivity (Wildman–Crippen MR) is 90.0 cm³/mol. The van der Waals surface area contributed by atoms with Gasteiger partial charge in [0.05, 0.1) is 7.11 Å². The molecule has 0 aliphatic carbocycles. The molecule has 0 heterocycles. The highest BCUT2D eigenvalue weighted by atomic mass is 35.5. The first-order chi connectivity index (χ1) is 11.5. The van der Waals surface area contributed by atoms with E-state index in [1.165, 1.54) is 13.2 Å². The smallest absolute Gasteiger partial charge is 0.346 e. The van der Waals surface area contributed by atoms with E-state index in [4.69, 9.17) is 31.4 Å². The quantitative estimate of drug-likeness (QED) is 0.635. The number of benzene rings is 2. The van der Waals surface area contributed by atoms with Crippen molar-refractivity contribution in [3.8, 4) is 17.6 Å². The SMILES string of the molecule is COc1cc(/C=C(\C#N)C(=O)O)ccc1OCc1ccccc1Cl. The van der Waals surface area contributed by atoms with Gasteiger partial charge in [-0.15, -0.1) is 0 Å². The molecule has 0 fully saturated rings. The van der Waals surface area contributed by atoms with Crippen LogP contribution in [0.4, 0.5) is 0 Å². The Balaban J connectivity index is 2.22. The van der Waals surface area contributed by atoms with Crippen LogP contribution in [0.3, 0.4) is 0 Å². The largest absolute Gasteiger partial charge is 0.493 e. The summed E-state index contributed by atoms with van der Waals surface area (Å²) in [7, 11) is 1.48. The van der Waals surface area contributed by atoms with Crippen molar-refractivity contribution in [3.05, 3.63) is 64.2 Å². The maximum Gasteiger partial charge on any atom is 0.346 e. The number of hydrogen-bond acceptors (Lipinski definition) is 4. The van der Waals surface area contributed by atoms with Gasteiger partial charge in [0.2, 0.25) is 0 Å². The Bertz CT molecular complexity index is 824. The van der Waals surface area contributed by atoms with Gasteiger partial charge in [-0.2, -0.15) is 5.26 Å². The van der Waals surface area contributed by atoms with Crippen molar-refractivity contribution in [2.75, 3.05) is 7.11 Å². The third kappa shape index (κ3) is 4.28. The summed E-state index contributed by atoms with van der Waals surface area (Å²) in [6.45, 7) is 0.268. The van der Waals surface area contributed by atoms with E-state index in [0.717, 1.165) is 5.56 Å². The van der Waals surface area contributed by atoms with Crippen LogP contribution in [-0.4, -0.2) is 18.2 Å². The third-order valence-electron chi connectivity index (χ3n) is 3.19. The molecule has 0 radical (unpaired) electrons. The highest BCUT2D eigenvalue weighted by Crippen LogP contribution is 2.30. The Morgan fingerprint density at radius 2 is 2.04 bits per heavy atom. The van der Waals surface area contributed by atoms with Crippen LogP contribution in [0, 0.1) is 11.3 Å². The fourth-order valence-corrected chi connectivity index (χ4v) is 2.16. The van der Waals surface area contributed by atoms with E-state index in [1.54, 1.807) is 30.3 Å². The standard InChI is InChI=1S/C18H14ClNO4/c1-23-17-9-12(8-14(10-20)18(21)22)6-7-16(17)24-11-13-4-2-3-5-15(13)19/h2-9H,11H2,1H3,(H,21,22)/b14-8+. The van der Waals surface area contributed by atoms with E-state index in [9.17, 15) is 4.79 Å². The molecule has 0 unspecified atom stereocenters. The summed E-state index contributed by atoms with van der Waals surface area (Å²) in [5.41, 5.74) is 1.00. The van der Waals surface area contributed by atoms with E-state index < -0.39 is 5.97 Å². The lowest BCUT2D eigenvalue weighted by atomic mass is 10.1. The third-order valence-corrected chi connectivity index (χ3v) is 3.56. The molecule has 0 spiro atoms. The number of carboxylic acids is 1. The van der Waals surface area contributed by atoms with Crippen LogP contribution in [0.5, 0.6) is 11.5 Å². The summed E-state index contributed by atoms with van der Waals surface area (Å²) < 4.78 is 11.0. The van der Waals surface area contributed by atoms with E-state index in [-0.39, 0.29) is 12.2 Å². The molecule has 2 aromatic carbocycles. The number of ether oxygens (including phenoxy) is 2. The zero-order valence-corrected chi connectivity index (χ0v) is 13.6. The maximum atomic E-state index is 10.9. The summed E-state index contributed by atoms with van der Waals surface area (Å²) in [4.78, 5) is 10.9. The topological polar surface area (TPSA) is 79.5 Å². The van der Waals surface area contributed by atoms with Gasteiger partial charge in [-0.05, 0) is 29.8 Å². The Hall–Kier alpha value is -2.97. The van der Waals surface area contributed by atoms with Crippen LogP contribution >= 0.6 is 11.6 Å². The van der Waals surface area contributed by atoms with Crippen molar-refractivity contribution >= 4 is 23.6 Å². The highest BCUT2D eigenvalue weighted by molar-refractivity contribution is 6.31. The van der Waals surface area contributed by atoms with Gasteiger partial charge >= 0.3 is 5.97 Å². The molecule has 0 amide bonds. The lowest BCUT2D eigenvalue weighted by molar-refractivity contribution is -0.132. The van der Waals surface area contributed by atoms with Crippen molar-refractivity contribution < 1.29 is 19.4 Å². The second-order valence-corrected chi connectivity index (χ2v) is 5.17. The van der Waals surface area contributed by atoms with Gasteiger partial charge in [-0.3, -0.25) is 0 Å². The predicted octanol–water partition coefficient (Wildman–Crippen LogP) is 3.92. The minimum absolute atomic E-state index is 0.268. The molecule has 0 bridgehead atoms. The van der Waals surface area contributed by atoms with E-state index in [1.807, 2.05) is 18.2 Å². The number of carboxylic acid groups (broad SMARTS) is 1. The van der Waals surface area contributed by atoms with Crippen molar-refractivity contribution in [2.45, 2.75) is 6.61 Å². The van der Waals surface area contributed by atoms with Crippen LogP contribution in [0.25, 0.3) is 6.08 Å². The fourth-order valence-electron chi connectivity index (χ4n) is 1.97. The summed E-state index contributed by atoms with van der Waals surface area (Å²) in [5.74, 6) is -0.364. The molecular weight excluding hydrogens is 330 g/mol. The van der Waals surface area contributed by atoms with Gasteiger partial charge in [-0.25, -0.2) is 4.79 Å². The maximum absolute atomic E-state index is 10.9. The zero-order chi connectivity index (χ0) is 17.5. The van der Waals surface area contributed by atoms with E-state index in [2.05, 4.69) is 0 Å². The summed E-state index contributed by atoms with van der Waals surface area (Å²) in [6, 6.07) is 13.9. The second kappa shape index (κ2) is 8.04. The Kier molecular flexibility index (Phi) is 5.83. The molecule has 0 aliphatic rings. The molecule has 2 rings (SSSR count). The minimum atomic E-state index is -1.28. The molecule has 0 atom stereocenters. The van der Waals surface area contributed by atoms with Crippen LogP contribution in [0.2, 0.25) is 5.02 Å². The summed E-state index contributed by atoms with van der Waals surface area (Å²) >= 11 is 6.09. The van der Waals surface area contributed by atoms with Gasteiger partial charge in [0.1, 0.15) is 18.2 Å². The van der Waals surface area contributed by atoms with Gasteiger partial charge < -0.3 is 14.6 Å². The number of carbonyl (C=O) groups is 1. The van der Waals surface area contributed by atoms with Crippen LogP contribution < -0.4 is 9.47 Å². The molecule has 122 valence electrons. The van der Waals surface area contributed by atoms with Crippen molar-refractivity contribution in [1.82, 2.24) is 0 Å². The molecule has 0 saturated carbocycles. The number of aliphatic carboxylic acids is 1. The first-order valence-corrected chi connectivity index (χ1v) is 7.32. The number of nitrogens with zero attached hydrogens (tertiary/aromatic N) is 1. The Morgan fingerprint density at radius 1 is 1.29 bits per heavy atom. The summed E-state index contributed by atoms with van der Waals surface area (Å²) in [5, 5.41) is 18.3. The first-order valence-electron chi connectivity index (χ1n) is 6.94. The van der Waals surface area contributed by atoms with Crippen molar-refractivity contribution in [3.63, 3.8) is 0 Å². The van der Waals surface area contributed by atoms with Gasteiger partial charge in [0, 0.05) is 10.6 Å². The monoisotopic (exact) mass is 343 g/mol. The van der Waals surface area contributed by atoms with Gasteiger partial charge in [0.25, 0.3) is 0 Å². The first kappa shape index (κ1) is 17.4. The number of nitriles is 1. The zero-order valence-electron chi connectivity index (χ0n) is 12.8. The minimum Gasteiger partial charge on any atom is -0.493 e. The van der Waals surface area contributed by atoms with Crippen LogP contribution in [0.1, 0.15) is 11.1 Å². The van der Waals surface area contributed by atoms with Crippen molar-refractivity contribution in [2.24, 2.45) is 0 Å². The van der Waals surface area contributed by atoms with E-state index >= 15 is 0 Å². The number of rotatable bonds is 6. The number of hydrogen-bond donors (Lipinski definition) is 1. The number of methoxy groups -OCH3 is 1. The average Bonchev–Trinajstić information content (AvgIpc) is 2.59. The Labute approximate surface area is 144 Å². The summed E-state index contributed by atoms with van der Waals surface area (Å²) in [6.07, 6.45) is 1.27. The highest BCUT2D eigenvalue weighted by Gasteiger charge is 2.10. The molecule has 24 heavy (non-hydrogen) atoms. The second-order valence-electron chi connectivity index (χ2n) is 4.77. The molecule has 0 saturated heterocycles. The molecule has 1 N–H and O–H groups in total. The molecular formula is C18H14ClNO4. The van der Waals surface area contributed by atoms with Gasteiger partial charge in [-0.1, -0.05) is 35.9 Å². The number of halogens is 1. The van der Waals surface area contributed by atoms with Gasteiger partial charge in [0.15, 0.2) is 11.5 Å². The lowest BCUT2D eigenvalue weighted by Gasteiger charge is -2.12.